The predicted octanol–water partition coefficient (Wildman–Crippen LogP) is 2.27. The van der Waals surface area contributed by atoms with Crippen molar-refractivity contribution < 1.29 is 0 Å². The fourth-order valence-corrected chi connectivity index (χ4v) is 1.19. The van der Waals surface area contributed by atoms with Crippen LogP contribution in [0.15, 0.2) is 18.6 Å². The first-order valence-corrected chi connectivity index (χ1v) is 4.93. The Morgan fingerprint density at radius 1 is 1.21 bits per heavy atom. The summed E-state index contributed by atoms with van der Waals surface area (Å²) in [6, 6.07) is 1.96. The van der Waals surface area contributed by atoms with Crippen molar-refractivity contribution in [2.24, 2.45) is 0 Å². The average Bonchev–Trinajstić information content (AvgIpc) is 2.67. The molecule has 0 aromatic carbocycles. The minimum atomic E-state index is 0.442. The summed E-state index contributed by atoms with van der Waals surface area (Å²) in [7, 11) is 0. The van der Waals surface area contributed by atoms with E-state index in [0.717, 1.165) is 5.69 Å². The Kier molecular flexibility index (Phi) is 3.56. The van der Waals surface area contributed by atoms with Crippen LogP contribution in [0, 0.1) is 0 Å². The van der Waals surface area contributed by atoms with Crippen LogP contribution >= 0.6 is 0 Å². The number of fused-ring (bicyclic) bond motifs is 1. The highest BCUT2D eigenvalue weighted by atomic mass is 15.3. The van der Waals surface area contributed by atoms with E-state index in [1.165, 1.54) is 6.33 Å². The Bertz CT molecular complexity index is 392. The summed E-state index contributed by atoms with van der Waals surface area (Å²) in [6.07, 6.45) is 3.29. The zero-order valence-corrected chi connectivity index (χ0v) is 9.10. The monoisotopic (exact) mass is 192 g/mol. The number of rotatable bonds is 1. The highest BCUT2D eigenvalue weighted by molar-refractivity contribution is 5.27. The highest BCUT2D eigenvalue weighted by Gasteiger charge is 2.05. The molecule has 0 aliphatic carbocycles. The van der Waals surface area contributed by atoms with Gasteiger partial charge < -0.3 is 0 Å². The second kappa shape index (κ2) is 4.69. The highest BCUT2D eigenvalue weighted by Crippen LogP contribution is 2.12. The molecular weight excluding hydrogens is 176 g/mol. The van der Waals surface area contributed by atoms with Crippen molar-refractivity contribution >= 4 is 5.78 Å². The molecule has 14 heavy (non-hydrogen) atoms. The lowest BCUT2D eigenvalue weighted by Crippen LogP contribution is -2.01. The van der Waals surface area contributed by atoms with Gasteiger partial charge in [0.05, 0.1) is 5.69 Å². The van der Waals surface area contributed by atoms with Gasteiger partial charge in [-0.25, -0.2) is 9.50 Å². The van der Waals surface area contributed by atoms with Crippen molar-refractivity contribution in [2.75, 3.05) is 0 Å². The Balaban J connectivity index is 0.000000461. The second-order valence-electron chi connectivity index (χ2n) is 3.00. The first-order chi connectivity index (χ1) is 6.79. The maximum atomic E-state index is 4.08. The maximum Gasteiger partial charge on any atom is 0.252 e. The van der Waals surface area contributed by atoms with Crippen molar-refractivity contribution in [3.8, 4) is 0 Å². The van der Waals surface area contributed by atoms with Gasteiger partial charge in [0.15, 0.2) is 0 Å². The molecule has 0 N–H and O–H groups in total. The minimum absolute atomic E-state index is 0.442. The summed E-state index contributed by atoms with van der Waals surface area (Å²) in [4.78, 5) is 8.08. The molecule has 0 saturated heterocycles. The molecule has 4 nitrogen and oxygen atoms in total. The first kappa shape index (κ1) is 10.6. The third kappa shape index (κ3) is 1.89. The molecule has 0 radical (unpaired) electrons. The molecule has 76 valence electrons. The van der Waals surface area contributed by atoms with Gasteiger partial charge in [-0.1, -0.05) is 27.7 Å². The quantitative estimate of drug-likeness (QED) is 0.696. The molecule has 0 saturated carbocycles. The number of aromatic nitrogens is 4. The molecule has 0 atom stereocenters. The molecule has 4 heteroatoms. The van der Waals surface area contributed by atoms with Crippen molar-refractivity contribution in [3.05, 3.63) is 24.3 Å². The Labute approximate surface area is 84.0 Å². The Morgan fingerprint density at radius 2 is 1.93 bits per heavy atom. The summed E-state index contributed by atoms with van der Waals surface area (Å²) in [6.45, 7) is 8.24. The van der Waals surface area contributed by atoms with Crippen LogP contribution in [-0.2, 0) is 0 Å². The van der Waals surface area contributed by atoms with Crippen molar-refractivity contribution in [1.29, 1.82) is 0 Å². The molecule has 0 amide bonds. The maximum absolute atomic E-state index is 4.08. The van der Waals surface area contributed by atoms with Gasteiger partial charge >= 0.3 is 0 Å². The smallest absolute Gasteiger partial charge is 0.220 e. The van der Waals surface area contributed by atoms with E-state index in [1.54, 1.807) is 10.7 Å². The molecule has 2 aromatic rings. The third-order valence-electron chi connectivity index (χ3n) is 1.80. The zero-order valence-electron chi connectivity index (χ0n) is 9.10. The van der Waals surface area contributed by atoms with Gasteiger partial charge in [-0.2, -0.15) is 10.1 Å². The molecule has 0 aliphatic rings. The van der Waals surface area contributed by atoms with Gasteiger partial charge in [0.2, 0.25) is 0 Å². The lowest BCUT2D eigenvalue weighted by molar-refractivity contribution is 0.749. The fraction of sp³-hybridized carbons (Fsp3) is 0.500. The lowest BCUT2D eigenvalue weighted by Gasteiger charge is -2.05. The SMILES string of the molecule is CC.CC(C)c1ccnc2ncnn12. The van der Waals surface area contributed by atoms with Crippen LogP contribution in [-0.4, -0.2) is 19.6 Å². The van der Waals surface area contributed by atoms with Gasteiger partial charge in [0, 0.05) is 6.20 Å². The molecular formula is C10H16N4. The van der Waals surface area contributed by atoms with E-state index in [1.807, 2.05) is 19.9 Å². The molecule has 2 rings (SSSR count). The largest absolute Gasteiger partial charge is 0.252 e. The molecule has 0 spiro atoms. The third-order valence-corrected chi connectivity index (χ3v) is 1.80. The molecule has 0 bridgehead atoms. The summed E-state index contributed by atoms with van der Waals surface area (Å²) in [5, 5.41) is 4.08. The predicted molar refractivity (Wildman–Crippen MR) is 56.2 cm³/mol. The average molecular weight is 192 g/mol. The summed E-state index contributed by atoms with van der Waals surface area (Å²) in [5.41, 5.74) is 1.14. The summed E-state index contributed by atoms with van der Waals surface area (Å²) >= 11 is 0. The van der Waals surface area contributed by atoms with E-state index in [0.29, 0.717) is 11.7 Å². The topological polar surface area (TPSA) is 43.1 Å². The lowest BCUT2D eigenvalue weighted by atomic mass is 10.1. The molecule has 2 heterocycles. The molecule has 0 fully saturated rings. The van der Waals surface area contributed by atoms with Crippen LogP contribution in [0.5, 0.6) is 0 Å². The van der Waals surface area contributed by atoms with E-state index in [2.05, 4.69) is 28.9 Å². The number of hydrogen-bond acceptors (Lipinski definition) is 3. The van der Waals surface area contributed by atoms with Crippen LogP contribution in [0.2, 0.25) is 0 Å². The summed E-state index contributed by atoms with van der Waals surface area (Å²) < 4.78 is 1.77. The van der Waals surface area contributed by atoms with Crippen molar-refractivity contribution in [1.82, 2.24) is 19.6 Å². The standard InChI is InChI=1S/C8H10N4.C2H6/c1-6(2)7-3-4-9-8-10-5-11-12(7)8;1-2/h3-6H,1-2H3;1-2H3. The van der Waals surface area contributed by atoms with Crippen molar-refractivity contribution in [3.63, 3.8) is 0 Å². The van der Waals surface area contributed by atoms with Crippen molar-refractivity contribution in [2.45, 2.75) is 33.6 Å². The van der Waals surface area contributed by atoms with Crippen LogP contribution in [0.3, 0.4) is 0 Å². The van der Waals surface area contributed by atoms with Crippen LogP contribution in [0.4, 0.5) is 0 Å². The van der Waals surface area contributed by atoms with Gasteiger partial charge in [0.1, 0.15) is 6.33 Å². The Morgan fingerprint density at radius 3 is 2.57 bits per heavy atom. The van der Waals surface area contributed by atoms with E-state index < -0.39 is 0 Å². The summed E-state index contributed by atoms with van der Waals surface area (Å²) in [5.74, 6) is 1.11. The van der Waals surface area contributed by atoms with E-state index in [-0.39, 0.29) is 0 Å². The van der Waals surface area contributed by atoms with E-state index >= 15 is 0 Å². The van der Waals surface area contributed by atoms with E-state index in [9.17, 15) is 0 Å². The normalized spacial score (nSPS) is 10.1. The van der Waals surface area contributed by atoms with Crippen LogP contribution < -0.4 is 0 Å². The van der Waals surface area contributed by atoms with Crippen LogP contribution in [0.1, 0.15) is 39.3 Å². The number of hydrogen-bond donors (Lipinski definition) is 0. The zero-order chi connectivity index (χ0) is 10.6. The van der Waals surface area contributed by atoms with Crippen LogP contribution in [0.25, 0.3) is 5.78 Å². The Hall–Kier alpha value is -1.45. The van der Waals surface area contributed by atoms with E-state index in [4.69, 9.17) is 0 Å². The van der Waals surface area contributed by atoms with Gasteiger partial charge in [0.25, 0.3) is 5.78 Å². The molecule has 2 aromatic heterocycles. The van der Waals surface area contributed by atoms with Gasteiger partial charge in [-0.15, -0.1) is 0 Å². The second-order valence-corrected chi connectivity index (χ2v) is 3.00. The first-order valence-electron chi connectivity index (χ1n) is 4.93. The molecule has 0 aliphatic heterocycles. The fourth-order valence-electron chi connectivity index (χ4n) is 1.19. The number of nitrogens with zero attached hydrogens (tertiary/aromatic N) is 4. The van der Waals surface area contributed by atoms with Gasteiger partial charge in [-0.3, -0.25) is 0 Å². The van der Waals surface area contributed by atoms with Gasteiger partial charge in [-0.05, 0) is 12.0 Å². The molecule has 0 unspecified atom stereocenters. The minimum Gasteiger partial charge on any atom is -0.220 e.